The summed E-state index contributed by atoms with van der Waals surface area (Å²) in [6.07, 6.45) is 0. The van der Waals surface area contributed by atoms with Crippen LogP contribution in [-0.4, -0.2) is 25.5 Å². The molecule has 0 saturated carbocycles. The number of nitrogens with one attached hydrogen (secondary N) is 1. The van der Waals surface area contributed by atoms with E-state index in [0.717, 1.165) is 15.7 Å². The Balaban J connectivity index is 2.16. The quantitative estimate of drug-likeness (QED) is 0.803. The highest BCUT2D eigenvalue weighted by molar-refractivity contribution is 9.10. The highest BCUT2D eigenvalue weighted by Crippen LogP contribution is 2.25. The lowest BCUT2D eigenvalue weighted by Gasteiger charge is -2.26. The molecule has 0 unspecified atom stereocenters. The first-order chi connectivity index (χ1) is 9.97. The first-order valence-electron chi connectivity index (χ1n) is 6.68. The topological polar surface area (TPSA) is 41.3 Å². The fourth-order valence-electron chi connectivity index (χ4n) is 2.20. The molecule has 0 saturated heterocycles. The van der Waals surface area contributed by atoms with Crippen molar-refractivity contribution in [2.75, 3.05) is 31.7 Å². The van der Waals surface area contributed by atoms with E-state index in [1.807, 2.05) is 38.4 Å². The van der Waals surface area contributed by atoms with Crippen molar-refractivity contribution >= 4 is 27.3 Å². The fourth-order valence-corrected chi connectivity index (χ4v) is 2.56. The van der Waals surface area contributed by atoms with Crippen LogP contribution in [0.15, 0.2) is 46.9 Å². The molecular weight excluding hydrogens is 333 g/mol. The molecule has 3 N–H and O–H groups in total. The zero-order valence-corrected chi connectivity index (χ0v) is 13.7. The lowest BCUT2D eigenvalue weighted by molar-refractivity contribution is 0.311. The van der Waals surface area contributed by atoms with E-state index in [-0.39, 0.29) is 11.9 Å². The molecule has 112 valence electrons. The number of hydrogen-bond donors (Lipinski definition) is 2. The van der Waals surface area contributed by atoms with Gasteiger partial charge in [-0.2, -0.15) is 0 Å². The van der Waals surface area contributed by atoms with E-state index >= 15 is 0 Å². The Labute approximate surface area is 133 Å². The minimum Gasteiger partial charge on any atom is -0.397 e. The van der Waals surface area contributed by atoms with E-state index in [1.54, 1.807) is 12.1 Å². The average molecular weight is 352 g/mol. The third kappa shape index (κ3) is 4.19. The molecule has 0 radical (unpaired) electrons. The van der Waals surface area contributed by atoms with Gasteiger partial charge in [-0.05, 0) is 50.0 Å². The SMILES string of the molecule is CN(C)[C@@H](CNc1cc(Br)ccc1N)c1cccc(F)c1. The van der Waals surface area contributed by atoms with E-state index in [4.69, 9.17) is 5.73 Å². The molecule has 0 aliphatic carbocycles. The smallest absolute Gasteiger partial charge is 0.123 e. The van der Waals surface area contributed by atoms with Crippen molar-refractivity contribution in [1.82, 2.24) is 4.90 Å². The Morgan fingerprint density at radius 2 is 2.00 bits per heavy atom. The number of halogens is 2. The largest absolute Gasteiger partial charge is 0.397 e. The number of nitrogens with two attached hydrogens (primary N) is 1. The second kappa shape index (κ2) is 6.91. The number of hydrogen-bond acceptors (Lipinski definition) is 3. The standard InChI is InChI=1S/C16H19BrFN3/c1-21(2)16(11-4-3-5-13(18)8-11)10-20-15-9-12(17)6-7-14(15)19/h3-9,16,20H,10,19H2,1-2H3/t16-/m0/s1. The molecular formula is C16H19BrFN3. The van der Waals surface area contributed by atoms with Gasteiger partial charge < -0.3 is 16.0 Å². The Morgan fingerprint density at radius 1 is 1.24 bits per heavy atom. The van der Waals surface area contributed by atoms with Crippen molar-refractivity contribution in [2.45, 2.75) is 6.04 Å². The molecule has 0 spiro atoms. The lowest BCUT2D eigenvalue weighted by Crippen LogP contribution is -2.27. The minimum absolute atomic E-state index is 0.0547. The summed E-state index contributed by atoms with van der Waals surface area (Å²) < 4.78 is 14.4. The van der Waals surface area contributed by atoms with E-state index < -0.39 is 0 Å². The normalized spacial score (nSPS) is 12.4. The summed E-state index contributed by atoms with van der Waals surface area (Å²) in [5, 5.41) is 3.33. The van der Waals surface area contributed by atoms with Crippen LogP contribution in [0.2, 0.25) is 0 Å². The van der Waals surface area contributed by atoms with Crippen LogP contribution in [-0.2, 0) is 0 Å². The second-order valence-electron chi connectivity index (χ2n) is 5.15. The molecule has 0 aliphatic heterocycles. The van der Waals surface area contributed by atoms with Crippen molar-refractivity contribution < 1.29 is 4.39 Å². The number of rotatable bonds is 5. The summed E-state index contributed by atoms with van der Waals surface area (Å²) in [5.41, 5.74) is 8.45. The molecule has 0 amide bonds. The van der Waals surface area contributed by atoms with Gasteiger partial charge in [0.05, 0.1) is 17.4 Å². The molecule has 0 fully saturated rings. The van der Waals surface area contributed by atoms with Gasteiger partial charge in [-0.15, -0.1) is 0 Å². The van der Waals surface area contributed by atoms with Gasteiger partial charge in [0.1, 0.15) is 5.82 Å². The van der Waals surface area contributed by atoms with Gasteiger partial charge in [-0.25, -0.2) is 4.39 Å². The summed E-state index contributed by atoms with van der Waals surface area (Å²) in [6, 6.07) is 12.4. The number of nitrogen functional groups attached to an aromatic ring is 1. The van der Waals surface area contributed by atoms with Gasteiger partial charge in [-0.1, -0.05) is 28.1 Å². The molecule has 0 aliphatic rings. The number of benzene rings is 2. The third-order valence-corrected chi connectivity index (χ3v) is 3.85. The van der Waals surface area contributed by atoms with Crippen LogP contribution in [0.3, 0.4) is 0 Å². The maximum absolute atomic E-state index is 13.4. The summed E-state index contributed by atoms with van der Waals surface area (Å²) in [5.74, 6) is -0.221. The number of anilines is 2. The first kappa shape index (κ1) is 15.8. The summed E-state index contributed by atoms with van der Waals surface area (Å²) in [4.78, 5) is 2.05. The molecule has 3 nitrogen and oxygen atoms in total. The van der Waals surface area contributed by atoms with Crippen LogP contribution in [0.1, 0.15) is 11.6 Å². The minimum atomic E-state index is -0.221. The van der Waals surface area contributed by atoms with Crippen molar-refractivity contribution in [3.05, 3.63) is 58.3 Å². The molecule has 1 atom stereocenters. The summed E-state index contributed by atoms with van der Waals surface area (Å²) >= 11 is 3.43. The zero-order valence-electron chi connectivity index (χ0n) is 12.1. The van der Waals surface area contributed by atoms with E-state index in [2.05, 4.69) is 26.1 Å². The van der Waals surface area contributed by atoms with Crippen molar-refractivity contribution in [1.29, 1.82) is 0 Å². The van der Waals surface area contributed by atoms with E-state index in [0.29, 0.717) is 12.2 Å². The van der Waals surface area contributed by atoms with Crippen LogP contribution in [0.25, 0.3) is 0 Å². The van der Waals surface area contributed by atoms with Crippen molar-refractivity contribution in [3.63, 3.8) is 0 Å². The second-order valence-corrected chi connectivity index (χ2v) is 6.06. The van der Waals surface area contributed by atoms with Crippen molar-refractivity contribution in [2.24, 2.45) is 0 Å². The Kier molecular flexibility index (Phi) is 5.20. The molecule has 0 bridgehead atoms. The Morgan fingerprint density at radius 3 is 2.67 bits per heavy atom. The van der Waals surface area contributed by atoms with E-state index in [1.165, 1.54) is 6.07 Å². The third-order valence-electron chi connectivity index (χ3n) is 3.36. The Bertz CT molecular complexity index is 616. The molecule has 0 aromatic heterocycles. The molecule has 2 aromatic carbocycles. The highest BCUT2D eigenvalue weighted by Gasteiger charge is 2.15. The molecule has 5 heteroatoms. The van der Waals surface area contributed by atoms with Crippen LogP contribution < -0.4 is 11.1 Å². The van der Waals surface area contributed by atoms with Crippen LogP contribution in [0.4, 0.5) is 15.8 Å². The summed E-state index contributed by atoms with van der Waals surface area (Å²) in [6.45, 7) is 0.636. The van der Waals surface area contributed by atoms with Crippen LogP contribution >= 0.6 is 15.9 Å². The molecule has 2 rings (SSSR count). The van der Waals surface area contributed by atoms with Gasteiger partial charge in [0.2, 0.25) is 0 Å². The molecule has 21 heavy (non-hydrogen) atoms. The maximum Gasteiger partial charge on any atom is 0.123 e. The maximum atomic E-state index is 13.4. The van der Waals surface area contributed by atoms with Crippen LogP contribution in [0.5, 0.6) is 0 Å². The van der Waals surface area contributed by atoms with Gasteiger partial charge in [0.25, 0.3) is 0 Å². The van der Waals surface area contributed by atoms with Gasteiger partial charge in [0, 0.05) is 11.0 Å². The van der Waals surface area contributed by atoms with Gasteiger partial charge in [-0.3, -0.25) is 0 Å². The predicted octanol–water partition coefficient (Wildman–Crippen LogP) is 3.89. The average Bonchev–Trinajstić information content (AvgIpc) is 2.42. The number of nitrogens with zero attached hydrogens (tertiary/aromatic N) is 1. The highest BCUT2D eigenvalue weighted by atomic mass is 79.9. The molecule has 2 aromatic rings. The van der Waals surface area contributed by atoms with E-state index in [9.17, 15) is 4.39 Å². The van der Waals surface area contributed by atoms with Crippen LogP contribution in [0, 0.1) is 5.82 Å². The lowest BCUT2D eigenvalue weighted by atomic mass is 10.1. The fraction of sp³-hybridized carbons (Fsp3) is 0.250. The van der Waals surface area contributed by atoms with Gasteiger partial charge >= 0.3 is 0 Å². The predicted molar refractivity (Wildman–Crippen MR) is 89.9 cm³/mol. The summed E-state index contributed by atoms with van der Waals surface area (Å²) in [7, 11) is 3.95. The molecule has 0 heterocycles. The van der Waals surface area contributed by atoms with Crippen molar-refractivity contribution in [3.8, 4) is 0 Å². The number of likely N-dealkylation sites (N-methyl/N-ethyl adjacent to an activating group) is 1. The zero-order chi connectivity index (χ0) is 15.4. The monoisotopic (exact) mass is 351 g/mol. The van der Waals surface area contributed by atoms with Gasteiger partial charge in [0.15, 0.2) is 0 Å². The Hall–Kier alpha value is -1.59. The first-order valence-corrected chi connectivity index (χ1v) is 7.47.